The van der Waals surface area contributed by atoms with Crippen LogP contribution in [0.25, 0.3) is 0 Å². The normalized spacial score (nSPS) is 26.3. The van der Waals surface area contributed by atoms with E-state index in [9.17, 15) is 9.59 Å². The highest BCUT2D eigenvalue weighted by Gasteiger charge is 2.49. The van der Waals surface area contributed by atoms with Crippen molar-refractivity contribution in [1.82, 2.24) is 24.7 Å². The van der Waals surface area contributed by atoms with Crippen LogP contribution in [0, 0.1) is 31.6 Å². The van der Waals surface area contributed by atoms with E-state index in [4.69, 9.17) is 0 Å². The van der Waals surface area contributed by atoms with E-state index in [0.717, 1.165) is 63.6 Å². The van der Waals surface area contributed by atoms with Crippen molar-refractivity contribution in [2.75, 3.05) is 45.8 Å². The Kier molecular flexibility index (Phi) is 7.08. The third-order valence-electron chi connectivity index (χ3n) is 10.0. The summed E-state index contributed by atoms with van der Waals surface area (Å²) in [6.07, 6.45) is 8.82. The maximum absolute atomic E-state index is 13.3. The Morgan fingerprint density at radius 1 is 1.00 bits per heavy atom. The second kappa shape index (κ2) is 10.5. The van der Waals surface area contributed by atoms with Gasteiger partial charge < -0.3 is 14.6 Å². The van der Waals surface area contributed by atoms with E-state index in [1.165, 1.54) is 43.9 Å². The monoisotopic (exact) mass is 515 g/mol. The summed E-state index contributed by atoms with van der Waals surface area (Å²) in [4.78, 5) is 41.0. The van der Waals surface area contributed by atoms with E-state index >= 15 is 0 Å². The van der Waals surface area contributed by atoms with Gasteiger partial charge in [-0.05, 0) is 63.0 Å². The standard InChI is InChI=1S/C31H41N5O2/c1-22-29(23(2)33-21-32-22)30(38)35-16-25-14-34(15-26(25)17-35)13-12-31(27-10-4-3-5-11-27)19-36(20-31)28(18-37)24-8-6-7-9-24/h3-5,10-11,18,21,24-26,28H,6-9,12-17,19-20H2,1-2H3. The van der Waals surface area contributed by atoms with Crippen molar-refractivity contribution in [3.8, 4) is 0 Å². The molecule has 0 N–H and O–H groups in total. The van der Waals surface area contributed by atoms with Crippen molar-refractivity contribution in [3.63, 3.8) is 0 Å². The zero-order valence-electron chi connectivity index (χ0n) is 22.9. The fraction of sp³-hybridized carbons (Fsp3) is 0.613. The number of fused-ring (bicyclic) bond motifs is 1. The lowest BCUT2D eigenvalue weighted by molar-refractivity contribution is -0.118. The van der Waals surface area contributed by atoms with Crippen molar-refractivity contribution in [1.29, 1.82) is 0 Å². The summed E-state index contributed by atoms with van der Waals surface area (Å²) >= 11 is 0. The van der Waals surface area contributed by atoms with Gasteiger partial charge in [-0.3, -0.25) is 9.69 Å². The first-order valence-electron chi connectivity index (χ1n) is 14.5. The van der Waals surface area contributed by atoms with Crippen LogP contribution in [0.1, 0.15) is 59.4 Å². The second-order valence-electron chi connectivity index (χ2n) is 12.4. The molecule has 7 heteroatoms. The number of aldehydes is 1. The predicted octanol–water partition coefficient (Wildman–Crippen LogP) is 3.50. The lowest BCUT2D eigenvalue weighted by atomic mass is 9.69. The number of carbonyl (C=O) groups excluding carboxylic acids is 2. The van der Waals surface area contributed by atoms with Crippen molar-refractivity contribution >= 4 is 12.2 Å². The molecule has 0 radical (unpaired) electrons. The van der Waals surface area contributed by atoms with E-state index in [0.29, 0.717) is 23.3 Å². The highest BCUT2D eigenvalue weighted by atomic mass is 16.2. The first kappa shape index (κ1) is 25.6. The Morgan fingerprint density at radius 2 is 1.63 bits per heavy atom. The van der Waals surface area contributed by atoms with E-state index in [-0.39, 0.29) is 17.4 Å². The summed E-state index contributed by atoms with van der Waals surface area (Å²) in [5.41, 5.74) is 3.76. The van der Waals surface area contributed by atoms with Crippen molar-refractivity contribution < 1.29 is 9.59 Å². The summed E-state index contributed by atoms with van der Waals surface area (Å²) in [5, 5.41) is 0. The Balaban J connectivity index is 1.07. The third kappa shape index (κ3) is 4.68. The summed E-state index contributed by atoms with van der Waals surface area (Å²) in [6, 6.07) is 11.1. The number of likely N-dealkylation sites (tertiary alicyclic amines) is 3. The summed E-state index contributed by atoms with van der Waals surface area (Å²) in [5.74, 6) is 1.71. The van der Waals surface area contributed by atoms with Gasteiger partial charge in [0.2, 0.25) is 0 Å². The Bertz CT molecular complexity index is 1120. The topological polar surface area (TPSA) is 69.6 Å². The van der Waals surface area contributed by atoms with Crippen molar-refractivity contribution in [2.45, 2.75) is 57.4 Å². The highest BCUT2D eigenvalue weighted by molar-refractivity contribution is 5.96. The minimum absolute atomic E-state index is 0.0890. The number of hydrogen-bond acceptors (Lipinski definition) is 6. The molecule has 1 aromatic carbocycles. The molecule has 0 spiro atoms. The minimum Gasteiger partial charge on any atom is -0.338 e. The molecule has 3 atom stereocenters. The lowest BCUT2D eigenvalue weighted by Crippen LogP contribution is -2.64. The van der Waals surface area contributed by atoms with Crippen LogP contribution in [-0.4, -0.2) is 88.7 Å². The first-order chi connectivity index (χ1) is 18.5. The summed E-state index contributed by atoms with van der Waals surface area (Å²) in [7, 11) is 0. The average molecular weight is 516 g/mol. The fourth-order valence-corrected chi connectivity index (χ4v) is 7.88. The molecule has 3 saturated heterocycles. The van der Waals surface area contributed by atoms with Gasteiger partial charge in [-0.2, -0.15) is 0 Å². The molecule has 3 unspecified atom stereocenters. The SMILES string of the molecule is Cc1ncnc(C)c1C(=O)N1CC2CN(CCC3(c4ccccc4)CN(C(C=O)C4CCCC4)C3)CC2C1. The number of carbonyl (C=O) groups is 2. The summed E-state index contributed by atoms with van der Waals surface area (Å²) in [6.45, 7) is 10.6. The Hall–Kier alpha value is -2.64. The third-order valence-corrected chi connectivity index (χ3v) is 10.0. The molecule has 4 heterocycles. The van der Waals surface area contributed by atoms with Gasteiger partial charge in [0.25, 0.3) is 5.91 Å². The van der Waals surface area contributed by atoms with Crippen LogP contribution in [0.2, 0.25) is 0 Å². The number of hydrogen-bond donors (Lipinski definition) is 0. The van der Waals surface area contributed by atoms with Crippen LogP contribution < -0.4 is 0 Å². The predicted molar refractivity (Wildman–Crippen MR) is 147 cm³/mol. The maximum atomic E-state index is 13.3. The lowest BCUT2D eigenvalue weighted by Gasteiger charge is -2.54. The zero-order valence-corrected chi connectivity index (χ0v) is 22.9. The van der Waals surface area contributed by atoms with E-state index in [2.05, 4.69) is 50.1 Å². The van der Waals surface area contributed by atoms with Gasteiger partial charge in [0.05, 0.1) is 23.0 Å². The smallest absolute Gasteiger partial charge is 0.257 e. The molecule has 4 aliphatic rings. The maximum Gasteiger partial charge on any atom is 0.257 e. The Labute approximate surface area is 226 Å². The van der Waals surface area contributed by atoms with E-state index in [1.54, 1.807) is 0 Å². The van der Waals surface area contributed by atoms with Crippen LogP contribution in [0.4, 0.5) is 0 Å². The van der Waals surface area contributed by atoms with Crippen molar-refractivity contribution in [2.24, 2.45) is 17.8 Å². The molecule has 1 saturated carbocycles. The number of rotatable bonds is 8. The number of nitrogens with zero attached hydrogens (tertiary/aromatic N) is 5. The molecule has 1 aromatic heterocycles. The van der Waals surface area contributed by atoms with Gasteiger partial charge in [0.1, 0.15) is 12.6 Å². The second-order valence-corrected chi connectivity index (χ2v) is 12.4. The highest BCUT2D eigenvalue weighted by Crippen LogP contribution is 2.42. The van der Waals surface area contributed by atoms with Gasteiger partial charge in [-0.15, -0.1) is 0 Å². The number of amides is 1. The van der Waals surface area contributed by atoms with E-state index < -0.39 is 0 Å². The minimum atomic E-state index is 0.0890. The average Bonchev–Trinajstić information content (AvgIpc) is 3.63. The molecule has 4 fully saturated rings. The van der Waals surface area contributed by atoms with Crippen LogP contribution in [-0.2, 0) is 10.2 Å². The molecule has 1 aliphatic carbocycles. The molecular weight excluding hydrogens is 474 g/mol. The molecule has 2 aromatic rings. The number of benzene rings is 1. The molecule has 3 aliphatic heterocycles. The molecule has 38 heavy (non-hydrogen) atoms. The molecule has 1 amide bonds. The molecule has 202 valence electrons. The van der Waals surface area contributed by atoms with Gasteiger partial charge in [0.15, 0.2) is 0 Å². The van der Waals surface area contributed by atoms with Gasteiger partial charge in [0, 0.05) is 44.7 Å². The van der Waals surface area contributed by atoms with Crippen LogP contribution in [0.3, 0.4) is 0 Å². The number of aryl methyl sites for hydroxylation is 2. The van der Waals surface area contributed by atoms with Crippen LogP contribution in [0.15, 0.2) is 36.7 Å². The van der Waals surface area contributed by atoms with Crippen LogP contribution in [0.5, 0.6) is 0 Å². The van der Waals surface area contributed by atoms with Gasteiger partial charge >= 0.3 is 0 Å². The van der Waals surface area contributed by atoms with Gasteiger partial charge in [-0.1, -0.05) is 43.2 Å². The fourth-order valence-electron chi connectivity index (χ4n) is 7.88. The first-order valence-corrected chi connectivity index (χ1v) is 14.5. The van der Waals surface area contributed by atoms with Gasteiger partial charge in [-0.25, -0.2) is 9.97 Å². The summed E-state index contributed by atoms with van der Waals surface area (Å²) < 4.78 is 0. The zero-order chi connectivity index (χ0) is 26.3. The Morgan fingerprint density at radius 3 is 2.24 bits per heavy atom. The van der Waals surface area contributed by atoms with E-state index in [1.807, 2.05) is 18.7 Å². The quantitative estimate of drug-likeness (QED) is 0.502. The number of aromatic nitrogens is 2. The van der Waals surface area contributed by atoms with Crippen LogP contribution >= 0.6 is 0 Å². The molecular formula is C31H41N5O2. The molecule has 7 nitrogen and oxygen atoms in total. The molecule has 6 rings (SSSR count). The largest absolute Gasteiger partial charge is 0.338 e. The van der Waals surface area contributed by atoms with Crippen molar-refractivity contribution in [3.05, 3.63) is 59.2 Å². The molecule has 0 bridgehead atoms.